The highest BCUT2D eigenvalue weighted by atomic mass is 19.1. The second-order valence-corrected chi connectivity index (χ2v) is 7.63. The zero-order valence-corrected chi connectivity index (χ0v) is 16.9. The first kappa shape index (κ1) is 20.5. The summed E-state index contributed by atoms with van der Waals surface area (Å²) in [4.78, 5) is 37.6. The van der Waals surface area contributed by atoms with Crippen LogP contribution in [0, 0.1) is 11.7 Å². The molecule has 0 spiro atoms. The van der Waals surface area contributed by atoms with Gasteiger partial charge in [0.2, 0.25) is 5.91 Å². The Hall–Kier alpha value is -3.74. The summed E-state index contributed by atoms with van der Waals surface area (Å²) in [7, 11) is 1.59. The van der Waals surface area contributed by atoms with Gasteiger partial charge in [-0.15, -0.1) is 0 Å². The summed E-state index contributed by atoms with van der Waals surface area (Å²) in [5, 5.41) is 13.4. The molecule has 0 bridgehead atoms. The van der Waals surface area contributed by atoms with E-state index in [1.165, 1.54) is 12.1 Å². The van der Waals surface area contributed by atoms with E-state index in [9.17, 15) is 23.9 Å². The second-order valence-electron chi connectivity index (χ2n) is 7.63. The minimum absolute atomic E-state index is 0.0121. The Morgan fingerprint density at radius 1 is 1.00 bits per heavy atom. The van der Waals surface area contributed by atoms with Crippen LogP contribution in [0.5, 0.6) is 0 Å². The van der Waals surface area contributed by atoms with Crippen molar-refractivity contribution in [2.45, 2.75) is 6.42 Å². The standard InChI is InChI=1S/C24H21FN2O4/c1-26-22(28)19-8-9-27(13-19)23(29)17-5-3-14-10-16(4-2-15(14)11-17)20-12-18(24(30)31)6-7-21(20)25/h2-7,10-12,19H,8-9,13H2,1H3,(H,26,28)(H,30,31). The smallest absolute Gasteiger partial charge is 0.335 e. The van der Waals surface area contributed by atoms with Crippen LogP contribution in [0.1, 0.15) is 27.1 Å². The first-order chi connectivity index (χ1) is 14.9. The quantitative estimate of drug-likeness (QED) is 0.676. The lowest BCUT2D eigenvalue weighted by Gasteiger charge is -2.17. The molecule has 31 heavy (non-hydrogen) atoms. The van der Waals surface area contributed by atoms with Crippen molar-refractivity contribution in [3.63, 3.8) is 0 Å². The molecule has 1 heterocycles. The van der Waals surface area contributed by atoms with E-state index in [1.54, 1.807) is 48.3 Å². The molecule has 7 heteroatoms. The third-order valence-corrected chi connectivity index (χ3v) is 5.70. The number of nitrogens with zero attached hydrogens (tertiary/aromatic N) is 1. The van der Waals surface area contributed by atoms with Gasteiger partial charge in [0.1, 0.15) is 5.82 Å². The second kappa shape index (κ2) is 8.18. The zero-order valence-electron chi connectivity index (χ0n) is 16.9. The van der Waals surface area contributed by atoms with Gasteiger partial charge in [0.15, 0.2) is 0 Å². The number of rotatable bonds is 4. The molecule has 3 aromatic rings. The molecule has 0 radical (unpaired) electrons. The monoisotopic (exact) mass is 420 g/mol. The topological polar surface area (TPSA) is 86.7 Å². The van der Waals surface area contributed by atoms with Crippen LogP contribution in [0.25, 0.3) is 21.9 Å². The zero-order chi connectivity index (χ0) is 22.1. The van der Waals surface area contributed by atoms with Crippen LogP contribution in [0.2, 0.25) is 0 Å². The van der Waals surface area contributed by atoms with E-state index in [1.807, 2.05) is 0 Å². The molecule has 3 aromatic carbocycles. The SMILES string of the molecule is CNC(=O)C1CCN(C(=O)c2ccc3cc(-c4cc(C(=O)O)ccc4F)ccc3c2)C1. The summed E-state index contributed by atoms with van der Waals surface area (Å²) in [6.07, 6.45) is 0.642. The molecule has 158 valence electrons. The molecule has 0 aliphatic carbocycles. The van der Waals surface area contributed by atoms with E-state index >= 15 is 0 Å². The molecule has 0 saturated carbocycles. The molecule has 2 N–H and O–H groups in total. The molecular formula is C24H21FN2O4. The number of carbonyl (C=O) groups excluding carboxylic acids is 2. The maximum atomic E-state index is 14.3. The minimum Gasteiger partial charge on any atom is -0.478 e. The Kier molecular flexibility index (Phi) is 5.42. The number of halogens is 1. The summed E-state index contributed by atoms with van der Waals surface area (Å²) >= 11 is 0. The average Bonchev–Trinajstić information content (AvgIpc) is 3.28. The van der Waals surface area contributed by atoms with Gasteiger partial charge < -0.3 is 15.3 Å². The lowest BCUT2D eigenvalue weighted by Crippen LogP contribution is -2.33. The van der Waals surface area contributed by atoms with E-state index in [0.717, 1.165) is 16.8 Å². The summed E-state index contributed by atoms with van der Waals surface area (Å²) in [5.41, 5.74) is 1.30. The molecule has 1 aliphatic heterocycles. The van der Waals surface area contributed by atoms with Crippen LogP contribution in [-0.2, 0) is 4.79 Å². The van der Waals surface area contributed by atoms with Gasteiger partial charge in [-0.05, 0) is 59.2 Å². The van der Waals surface area contributed by atoms with E-state index in [2.05, 4.69) is 5.32 Å². The summed E-state index contributed by atoms with van der Waals surface area (Å²) in [6, 6.07) is 14.2. The van der Waals surface area contributed by atoms with Crippen molar-refractivity contribution >= 4 is 28.6 Å². The van der Waals surface area contributed by atoms with Crippen LogP contribution in [0.15, 0.2) is 54.6 Å². The van der Waals surface area contributed by atoms with Crippen molar-refractivity contribution in [1.82, 2.24) is 10.2 Å². The van der Waals surface area contributed by atoms with Gasteiger partial charge in [-0.3, -0.25) is 9.59 Å². The number of carbonyl (C=O) groups is 3. The maximum Gasteiger partial charge on any atom is 0.335 e. The minimum atomic E-state index is -1.12. The Labute approximate surface area is 178 Å². The van der Waals surface area contributed by atoms with Gasteiger partial charge in [0.05, 0.1) is 11.5 Å². The molecule has 1 aliphatic rings. The van der Waals surface area contributed by atoms with Crippen molar-refractivity contribution in [2.24, 2.45) is 5.92 Å². The largest absolute Gasteiger partial charge is 0.478 e. The van der Waals surface area contributed by atoms with Crippen LogP contribution >= 0.6 is 0 Å². The molecule has 1 fully saturated rings. The number of nitrogens with one attached hydrogen (secondary N) is 1. The molecule has 0 aromatic heterocycles. The summed E-state index contributed by atoms with van der Waals surface area (Å²) in [6.45, 7) is 0.932. The average molecular weight is 420 g/mol. The predicted octanol–water partition coefficient (Wildman–Crippen LogP) is 3.55. The summed E-state index contributed by atoms with van der Waals surface area (Å²) < 4.78 is 14.3. The fraction of sp³-hybridized carbons (Fsp3) is 0.208. The molecule has 1 atom stereocenters. The van der Waals surface area contributed by atoms with Crippen molar-refractivity contribution in [3.05, 3.63) is 71.5 Å². The number of hydrogen-bond acceptors (Lipinski definition) is 3. The Morgan fingerprint density at radius 2 is 1.71 bits per heavy atom. The Balaban J connectivity index is 1.61. The highest BCUT2D eigenvalue weighted by Gasteiger charge is 2.31. The van der Waals surface area contributed by atoms with Crippen LogP contribution in [0.3, 0.4) is 0 Å². The lowest BCUT2D eigenvalue weighted by molar-refractivity contribution is -0.124. The van der Waals surface area contributed by atoms with Gasteiger partial charge in [-0.25, -0.2) is 9.18 Å². The highest BCUT2D eigenvalue weighted by molar-refractivity contribution is 6.00. The van der Waals surface area contributed by atoms with E-state index < -0.39 is 11.8 Å². The number of fused-ring (bicyclic) bond motifs is 1. The Bertz CT molecular complexity index is 1210. The number of likely N-dealkylation sites (tertiary alicyclic amines) is 1. The van der Waals surface area contributed by atoms with Gasteiger partial charge in [0, 0.05) is 31.3 Å². The van der Waals surface area contributed by atoms with Crippen molar-refractivity contribution in [2.75, 3.05) is 20.1 Å². The van der Waals surface area contributed by atoms with Crippen LogP contribution in [0.4, 0.5) is 4.39 Å². The number of carboxylic acids is 1. The lowest BCUT2D eigenvalue weighted by atomic mass is 9.98. The summed E-state index contributed by atoms with van der Waals surface area (Å²) in [5.74, 6) is -1.99. The molecular weight excluding hydrogens is 399 g/mol. The molecule has 4 rings (SSSR count). The first-order valence-corrected chi connectivity index (χ1v) is 9.95. The first-order valence-electron chi connectivity index (χ1n) is 9.95. The number of hydrogen-bond donors (Lipinski definition) is 2. The van der Waals surface area contributed by atoms with E-state index in [0.29, 0.717) is 30.6 Å². The number of amides is 2. The molecule has 1 unspecified atom stereocenters. The van der Waals surface area contributed by atoms with Crippen molar-refractivity contribution in [3.8, 4) is 11.1 Å². The van der Waals surface area contributed by atoms with Gasteiger partial charge in [-0.2, -0.15) is 0 Å². The van der Waals surface area contributed by atoms with Gasteiger partial charge in [0.25, 0.3) is 5.91 Å². The van der Waals surface area contributed by atoms with Gasteiger partial charge >= 0.3 is 5.97 Å². The van der Waals surface area contributed by atoms with Crippen molar-refractivity contribution in [1.29, 1.82) is 0 Å². The fourth-order valence-corrected chi connectivity index (χ4v) is 3.97. The number of aromatic carboxylic acids is 1. The van der Waals surface area contributed by atoms with Crippen LogP contribution in [-0.4, -0.2) is 47.9 Å². The normalized spacial score (nSPS) is 15.8. The van der Waals surface area contributed by atoms with E-state index in [4.69, 9.17) is 0 Å². The molecule has 1 saturated heterocycles. The molecule has 6 nitrogen and oxygen atoms in total. The third-order valence-electron chi connectivity index (χ3n) is 5.70. The van der Waals surface area contributed by atoms with Crippen molar-refractivity contribution < 1.29 is 23.9 Å². The molecule has 2 amide bonds. The van der Waals surface area contributed by atoms with E-state index in [-0.39, 0.29) is 28.9 Å². The van der Waals surface area contributed by atoms with Crippen LogP contribution < -0.4 is 5.32 Å². The highest BCUT2D eigenvalue weighted by Crippen LogP contribution is 2.29. The third kappa shape index (κ3) is 3.99. The Morgan fingerprint density at radius 3 is 2.45 bits per heavy atom. The van der Waals surface area contributed by atoms with Gasteiger partial charge in [-0.1, -0.05) is 18.2 Å². The number of benzene rings is 3. The number of carboxylic acid groups (broad SMARTS) is 1. The maximum absolute atomic E-state index is 14.3. The fourth-order valence-electron chi connectivity index (χ4n) is 3.97. The predicted molar refractivity (Wildman–Crippen MR) is 114 cm³/mol.